The summed E-state index contributed by atoms with van der Waals surface area (Å²) in [7, 11) is 0. The molecule has 0 spiro atoms. The van der Waals surface area contributed by atoms with Gasteiger partial charge >= 0.3 is 0 Å². The minimum absolute atomic E-state index is 0.208. The van der Waals surface area contributed by atoms with Crippen molar-refractivity contribution in [1.29, 1.82) is 0 Å². The van der Waals surface area contributed by atoms with E-state index in [4.69, 9.17) is 23.2 Å². The fraction of sp³-hybridized carbons (Fsp3) is 0.263. The van der Waals surface area contributed by atoms with Crippen LogP contribution in [0.15, 0.2) is 35.1 Å². The van der Waals surface area contributed by atoms with E-state index < -0.39 is 5.91 Å². The van der Waals surface area contributed by atoms with Gasteiger partial charge in [-0.25, -0.2) is 4.98 Å². The maximum atomic E-state index is 12.7. The molecular weight excluding hydrogens is 401 g/mol. The Bertz CT molecular complexity index is 1090. The fourth-order valence-corrected chi connectivity index (χ4v) is 3.06. The van der Waals surface area contributed by atoms with Crippen molar-refractivity contribution >= 4 is 34.9 Å². The molecule has 0 saturated carbocycles. The lowest BCUT2D eigenvalue weighted by Gasteiger charge is -2.13. The Balaban J connectivity index is 2.07. The summed E-state index contributed by atoms with van der Waals surface area (Å²) in [6.45, 7) is 7.69. The zero-order valence-corrected chi connectivity index (χ0v) is 17.3. The Morgan fingerprint density at radius 1 is 1.11 bits per heavy atom. The minimum atomic E-state index is -0.416. The number of rotatable bonds is 3. The van der Waals surface area contributed by atoms with Crippen LogP contribution in [0, 0.1) is 6.92 Å². The average molecular weight is 420 g/mol. The third-order valence-corrected chi connectivity index (χ3v) is 4.34. The Morgan fingerprint density at radius 2 is 1.75 bits per heavy atom. The number of benzene rings is 1. The van der Waals surface area contributed by atoms with Crippen LogP contribution in [0.4, 0.5) is 5.82 Å². The number of hydrogen-bond donors (Lipinski definition) is 2. The van der Waals surface area contributed by atoms with Gasteiger partial charge in [0.1, 0.15) is 5.82 Å². The van der Waals surface area contributed by atoms with Crippen molar-refractivity contribution in [3.63, 3.8) is 0 Å². The van der Waals surface area contributed by atoms with Crippen molar-refractivity contribution in [1.82, 2.24) is 19.7 Å². The molecule has 1 aromatic carbocycles. The first-order valence-electron chi connectivity index (χ1n) is 8.49. The van der Waals surface area contributed by atoms with Crippen LogP contribution in [0.1, 0.15) is 42.5 Å². The monoisotopic (exact) mass is 419 g/mol. The largest absolute Gasteiger partial charge is 0.306 e. The number of H-pyrrole nitrogens is 1. The van der Waals surface area contributed by atoms with E-state index in [9.17, 15) is 9.59 Å². The van der Waals surface area contributed by atoms with Gasteiger partial charge in [0.25, 0.3) is 11.5 Å². The molecule has 3 aromatic rings. The number of halogens is 2. The van der Waals surface area contributed by atoms with Crippen LogP contribution in [0.5, 0.6) is 0 Å². The number of carbonyl (C=O) groups is 1. The molecule has 3 rings (SSSR count). The molecule has 9 heteroatoms. The molecule has 28 heavy (non-hydrogen) atoms. The maximum absolute atomic E-state index is 12.7. The summed E-state index contributed by atoms with van der Waals surface area (Å²) in [6.07, 6.45) is 0. The van der Waals surface area contributed by atoms with E-state index >= 15 is 0 Å². The summed E-state index contributed by atoms with van der Waals surface area (Å²) < 4.78 is 1.40. The first-order chi connectivity index (χ1) is 13.0. The standard InChI is InChI=1S/C19H19Cl2N5O2/c1-10-5-16(27)24-18(22-10)26-15(9-14(25-26)19(2,3)4)23-17(28)11-6-12(20)8-13(21)7-11/h5-9H,1-4H3,(H,23,28)(H,22,24,27). The van der Waals surface area contributed by atoms with Crippen molar-refractivity contribution in [3.8, 4) is 5.95 Å². The fourth-order valence-electron chi connectivity index (χ4n) is 2.54. The van der Waals surface area contributed by atoms with E-state index in [1.165, 1.54) is 22.9 Å². The quantitative estimate of drug-likeness (QED) is 0.667. The summed E-state index contributed by atoms with van der Waals surface area (Å²) in [5, 5.41) is 8.03. The van der Waals surface area contributed by atoms with Crippen molar-refractivity contribution in [2.24, 2.45) is 0 Å². The summed E-state index contributed by atoms with van der Waals surface area (Å²) in [5.74, 6) is 0.153. The average Bonchev–Trinajstić information content (AvgIpc) is 2.97. The van der Waals surface area contributed by atoms with E-state index in [1.54, 1.807) is 19.1 Å². The van der Waals surface area contributed by atoms with Gasteiger partial charge in [-0.05, 0) is 25.1 Å². The lowest BCUT2D eigenvalue weighted by Crippen LogP contribution is -2.19. The first kappa shape index (κ1) is 20.1. The number of anilines is 1. The Morgan fingerprint density at radius 3 is 2.32 bits per heavy atom. The predicted molar refractivity (Wildman–Crippen MR) is 110 cm³/mol. The van der Waals surface area contributed by atoms with Gasteiger partial charge in [0.2, 0.25) is 5.95 Å². The minimum Gasteiger partial charge on any atom is -0.306 e. The van der Waals surface area contributed by atoms with Crippen LogP contribution in [0.2, 0.25) is 10.0 Å². The third-order valence-electron chi connectivity index (χ3n) is 3.90. The van der Waals surface area contributed by atoms with Crippen molar-refractivity contribution in [2.75, 3.05) is 5.32 Å². The molecule has 7 nitrogen and oxygen atoms in total. The van der Waals surface area contributed by atoms with Crippen molar-refractivity contribution in [2.45, 2.75) is 33.1 Å². The lowest BCUT2D eigenvalue weighted by molar-refractivity contribution is 0.102. The highest BCUT2D eigenvalue weighted by molar-refractivity contribution is 6.35. The molecule has 0 bridgehead atoms. The van der Waals surface area contributed by atoms with E-state index in [1.807, 2.05) is 20.8 Å². The smallest absolute Gasteiger partial charge is 0.256 e. The SMILES string of the molecule is Cc1cc(=O)[nH]c(-n2nc(C(C)(C)C)cc2NC(=O)c2cc(Cl)cc(Cl)c2)n1. The zero-order chi connectivity index (χ0) is 20.6. The normalized spacial score (nSPS) is 11.5. The molecule has 0 saturated heterocycles. The second-order valence-corrected chi connectivity index (χ2v) is 8.27. The molecule has 0 fully saturated rings. The van der Waals surface area contributed by atoms with Crippen LogP contribution < -0.4 is 10.9 Å². The molecule has 0 radical (unpaired) electrons. The van der Waals surface area contributed by atoms with Gasteiger partial charge in [-0.15, -0.1) is 0 Å². The van der Waals surface area contributed by atoms with Gasteiger partial charge in [0.05, 0.1) is 5.69 Å². The summed E-state index contributed by atoms with van der Waals surface area (Å²) >= 11 is 12.0. The number of aromatic nitrogens is 4. The van der Waals surface area contributed by atoms with Crippen LogP contribution >= 0.6 is 23.2 Å². The van der Waals surface area contributed by atoms with Gasteiger partial charge in [0, 0.05) is 38.9 Å². The van der Waals surface area contributed by atoms with Crippen molar-refractivity contribution in [3.05, 3.63) is 67.7 Å². The van der Waals surface area contributed by atoms with Crippen LogP contribution in [0.25, 0.3) is 5.95 Å². The molecule has 0 atom stereocenters. The highest BCUT2D eigenvalue weighted by Crippen LogP contribution is 2.26. The van der Waals surface area contributed by atoms with Gasteiger partial charge in [-0.2, -0.15) is 9.78 Å². The number of carbonyl (C=O) groups excluding carboxylic acids is 1. The lowest BCUT2D eigenvalue weighted by atomic mass is 9.92. The zero-order valence-electron chi connectivity index (χ0n) is 15.8. The van der Waals surface area contributed by atoms with Crippen LogP contribution in [-0.4, -0.2) is 25.7 Å². The number of hydrogen-bond acceptors (Lipinski definition) is 4. The molecule has 1 amide bonds. The topological polar surface area (TPSA) is 92.7 Å². The van der Waals surface area contributed by atoms with E-state index in [-0.39, 0.29) is 16.9 Å². The molecular formula is C19H19Cl2N5O2. The predicted octanol–water partition coefficient (Wildman–Crippen LogP) is 4.12. The first-order valence-corrected chi connectivity index (χ1v) is 9.25. The van der Waals surface area contributed by atoms with E-state index in [2.05, 4.69) is 20.4 Å². The molecule has 146 valence electrons. The maximum Gasteiger partial charge on any atom is 0.256 e. The third kappa shape index (κ3) is 4.43. The second kappa shape index (κ2) is 7.41. The van der Waals surface area contributed by atoms with Gasteiger partial charge in [-0.1, -0.05) is 44.0 Å². The molecule has 0 aliphatic heterocycles. The molecule has 2 N–H and O–H groups in total. The Hall–Kier alpha value is -2.64. The van der Waals surface area contributed by atoms with E-state index in [0.717, 1.165) is 5.69 Å². The number of nitrogens with one attached hydrogen (secondary N) is 2. The van der Waals surface area contributed by atoms with E-state index in [0.29, 0.717) is 27.1 Å². The van der Waals surface area contributed by atoms with Gasteiger partial charge in [-0.3, -0.25) is 14.6 Å². The molecule has 2 aromatic heterocycles. The number of aromatic amines is 1. The Kier molecular flexibility index (Phi) is 5.32. The molecule has 0 aliphatic rings. The highest BCUT2D eigenvalue weighted by atomic mass is 35.5. The van der Waals surface area contributed by atoms with Gasteiger partial charge < -0.3 is 5.32 Å². The summed E-state index contributed by atoms with van der Waals surface area (Å²) in [5.41, 5.74) is 0.956. The molecule has 0 unspecified atom stereocenters. The number of aryl methyl sites for hydroxylation is 1. The number of nitrogens with zero attached hydrogens (tertiary/aromatic N) is 3. The van der Waals surface area contributed by atoms with Gasteiger partial charge in [0.15, 0.2) is 0 Å². The van der Waals surface area contributed by atoms with Crippen LogP contribution in [0.3, 0.4) is 0 Å². The summed E-state index contributed by atoms with van der Waals surface area (Å²) in [6, 6.07) is 7.70. The Labute approximate surface area is 171 Å². The molecule has 0 aliphatic carbocycles. The molecule has 2 heterocycles. The second-order valence-electron chi connectivity index (χ2n) is 7.40. The summed E-state index contributed by atoms with van der Waals surface area (Å²) in [4.78, 5) is 31.6. The van der Waals surface area contributed by atoms with Crippen LogP contribution in [-0.2, 0) is 5.41 Å². The van der Waals surface area contributed by atoms with Crippen molar-refractivity contribution < 1.29 is 4.79 Å². The number of amides is 1. The highest BCUT2D eigenvalue weighted by Gasteiger charge is 2.23.